The molecule has 0 aliphatic heterocycles. The maximum absolute atomic E-state index is 4.14. The lowest BCUT2D eigenvalue weighted by atomic mass is 9.86. The molecule has 0 radical (unpaired) electrons. The van der Waals surface area contributed by atoms with Gasteiger partial charge >= 0.3 is 0 Å². The molecule has 4 nitrogen and oxygen atoms in total. The Labute approximate surface area is 140 Å². The molecule has 0 bridgehead atoms. The summed E-state index contributed by atoms with van der Waals surface area (Å²) in [7, 11) is 0. The van der Waals surface area contributed by atoms with Crippen molar-refractivity contribution in [1.82, 2.24) is 0 Å². The topological polar surface area (TPSA) is 111 Å². The van der Waals surface area contributed by atoms with Crippen molar-refractivity contribution in [3.05, 3.63) is 58.7 Å². The van der Waals surface area contributed by atoms with Crippen LogP contribution >= 0.6 is 0 Å². The van der Waals surface area contributed by atoms with Crippen LogP contribution in [0.5, 0.6) is 0 Å². The molecule has 0 aromatic heterocycles. The molecule has 0 heterocycles. The molecule has 0 aliphatic carbocycles. The third kappa shape index (κ3) is 1.95. The first kappa shape index (κ1) is 15.3. The normalized spacial score (nSPS) is 12.0. The zero-order chi connectivity index (χ0) is 16.8. The fourth-order valence-corrected chi connectivity index (χ4v) is 4.12. The van der Waals surface area contributed by atoms with Gasteiger partial charge in [-0.2, -0.15) is 0 Å². The van der Waals surface area contributed by atoms with Gasteiger partial charge < -0.3 is 22.9 Å². The van der Waals surface area contributed by atoms with Crippen LogP contribution in [0.15, 0.2) is 36.4 Å². The molecule has 12 N–H and O–H groups in total. The molecule has 0 atom stereocenters. The van der Waals surface area contributed by atoms with Gasteiger partial charge in [-0.25, -0.2) is 0 Å². The van der Waals surface area contributed by atoms with Crippen molar-refractivity contribution < 1.29 is 22.9 Å². The lowest BCUT2D eigenvalue weighted by Gasteiger charge is -2.17. The van der Waals surface area contributed by atoms with E-state index in [0.29, 0.717) is 0 Å². The minimum absolute atomic E-state index is 0.797. The van der Waals surface area contributed by atoms with Gasteiger partial charge in [0, 0.05) is 22.3 Å². The molecule has 4 aromatic rings. The number of rotatable bonds is 4. The van der Waals surface area contributed by atoms with E-state index in [9.17, 15) is 0 Å². The molecule has 0 amide bonds. The molecule has 122 valence electrons. The summed E-state index contributed by atoms with van der Waals surface area (Å²) >= 11 is 0. The smallest absolute Gasteiger partial charge is 0.100 e. The molecule has 24 heavy (non-hydrogen) atoms. The fraction of sp³-hybridized carbons (Fsp3) is 0.200. The molecule has 4 rings (SSSR count). The molecule has 0 saturated carbocycles. The summed E-state index contributed by atoms with van der Waals surface area (Å²) in [6.07, 6.45) is 0. The highest BCUT2D eigenvalue weighted by Gasteiger charge is 2.18. The summed E-state index contributed by atoms with van der Waals surface area (Å²) in [5.41, 5.74) is 21.8. The van der Waals surface area contributed by atoms with Crippen molar-refractivity contribution in [2.75, 3.05) is 0 Å². The average molecular weight is 322 g/mol. The molecule has 0 spiro atoms. The second kappa shape index (κ2) is 5.69. The zero-order valence-electron chi connectivity index (χ0n) is 14.1. The molecule has 4 aromatic carbocycles. The summed E-state index contributed by atoms with van der Waals surface area (Å²) in [6, 6.07) is 13.6. The predicted molar refractivity (Wildman–Crippen MR) is 96.5 cm³/mol. The van der Waals surface area contributed by atoms with Crippen LogP contribution in [0.25, 0.3) is 32.3 Å². The second-order valence-corrected chi connectivity index (χ2v) is 6.46. The van der Waals surface area contributed by atoms with Crippen LogP contribution in [-0.4, -0.2) is 0 Å². The van der Waals surface area contributed by atoms with Gasteiger partial charge in [0.15, 0.2) is 0 Å². The molecule has 0 unspecified atom stereocenters. The number of hydrogen-bond donors (Lipinski definition) is 4. The summed E-state index contributed by atoms with van der Waals surface area (Å²) in [6.45, 7) is 3.19. The predicted octanol–water partition coefficient (Wildman–Crippen LogP) is -0.448. The van der Waals surface area contributed by atoms with Crippen LogP contribution in [-0.2, 0) is 26.2 Å². The Morgan fingerprint density at radius 3 is 0.917 bits per heavy atom. The van der Waals surface area contributed by atoms with E-state index in [1.165, 1.54) is 54.6 Å². The third-order valence-corrected chi connectivity index (χ3v) is 5.32. The highest BCUT2D eigenvalue weighted by Crippen LogP contribution is 2.39. The SMILES string of the molecule is [NH3+]Cc1cc(C[NH3+])c2ccc3c(C[NH3+])cc(C[NH3+])c4ccc1c2c43. The second-order valence-electron chi connectivity index (χ2n) is 6.46. The maximum atomic E-state index is 4.14. The van der Waals surface area contributed by atoms with E-state index in [0.717, 1.165) is 26.2 Å². The van der Waals surface area contributed by atoms with Gasteiger partial charge in [-0.1, -0.05) is 24.3 Å². The van der Waals surface area contributed by atoms with Crippen molar-refractivity contribution >= 4 is 32.3 Å². The fourth-order valence-electron chi connectivity index (χ4n) is 4.12. The Morgan fingerprint density at radius 2 is 0.708 bits per heavy atom. The zero-order valence-corrected chi connectivity index (χ0v) is 14.1. The Morgan fingerprint density at radius 1 is 0.458 bits per heavy atom. The summed E-state index contributed by atoms with van der Waals surface area (Å²) in [4.78, 5) is 0. The highest BCUT2D eigenvalue weighted by atomic mass is 14.6. The van der Waals surface area contributed by atoms with Crippen LogP contribution in [0.2, 0.25) is 0 Å². The Bertz CT molecular complexity index is 890. The van der Waals surface area contributed by atoms with Gasteiger partial charge in [0.2, 0.25) is 0 Å². The van der Waals surface area contributed by atoms with Crippen molar-refractivity contribution in [3.8, 4) is 0 Å². The first-order valence-electron chi connectivity index (χ1n) is 8.64. The van der Waals surface area contributed by atoms with E-state index in [1.54, 1.807) is 0 Å². The number of quaternary nitrogens is 4. The van der Waals surface area contributed by atoms with Gasteiger partial charge in [-0.05, 0) is 44.5 Å². The van der Waals surface area contributed by atoms with E-state index in [-0.39, 0.29) is 0 Å². The average Bonchev–Trinajstić information content (AvgIpc) is 2.64. The Kier molecular flexibility index (Phi) is 3.62. The molecular formula is C20H26N4+4. The van der Waals surface area contributed by atoms with Crippen LogP contribution in [0.1, 0.15) is 22.3 Å². The van der Waals surface area contributed by atoms with E-state index in [2.05, 4.69) is 59.3 Å². The third-order valence-electron chi connectivity index (χ3n) is 5.32. The lowest BCUT2D eigenvalue weighted by molar-refractivity contribution is -0.388. The van der Waals surface area contributed by atoms with Crippen LogP contribution in [0.4, 0.5) is 0 Å². The Balaban J connectivity index is 2.33. The molecule has 0 aliphatic rings. The summed E-state index contributed by atoms with van der Waals surface area (Å²) in [5, 5.41) is 8.04. The van der Waals surface area contributed by atoms with Crippen LogP contribution in [0, 0.1) is 0 Å². The van der Waals surface area contributed by atoms with E-state index >= 15 is 0 Å². The van der Waals surface area contributed by atoms with Gasteiger partial charge in [0.25, 0.3) is 0 Å². The van der Waals surface area contributed by atoms with Gasteiger partial charge in [0.05, 0.1) is 0 Å². The highest BCUT2D eigenvalue weighted by molar-refractivity contribution is 6.25. The minimum atomic E-state index is 0.797. The van der Waals surface area contributed by atoms with E-state index in [4.69, 9.17) is 0 Å². The summed E-state index contributed by atoms with van der Waals surface area (Å²) in [5.74, 6) is 0. The summed E-state index contributed by atoms with van der Waals surface area (Å²) < 4.78 is 0. The quantitative estimate of drug-likeness (QED) is 0.365. The van der Waals surface area contributed by atoms with Crippen molar-refractivity contribution in [2.24, 2.45) is 0 Å². The first-order valence-corrected chi connectivity index (χ1v) is 8.64. The van der Waals surface area contributed by atoms with E-state index in [1.807, 2.05) is 0 Å². The van der Waals surface area contributed by atoms with E-state index < -0.39 is 0 Å². The molecule has 4 heteroatoms. The lowest BCUT2D eigenvalue weighted by Crippen LogP contribution is -2.49. The van der Waals surface area contributed by atoms with Crippen molar-refractivity contribution in [1.29, 1.82) is 0 Å². The number of hydrogen-bond acceptors (Lipinski definition) is 0. The monoisotopic (exact) mass is 322 g/mol. The number of benzene rings is 4. The minimum Gasteiger partial charge on any atom is -0.354 e. The van der Waals surface area contributed by atoms with Gasteiger partial charge in [-0.3, -0.25) is 0 Å². The first-order chi connectivity index (χ1) is 11.7. The molecule has 0 saturated heterocycles. The van der Waals surface area contributed by atoms with Gasteiger partial charge in [-0.15, -0.1) is 0 Å². The standard InChI is InChI=1S/C20H22N4/c21-7-11-5-13(9-23)17-3-4-18-14(10-24)6-12(8-22)16-2-1-15(11)19(17)20(16)18/h1-6H,7-10,21-24H2/p+4. The van der Waals surface area contributed by atoms with Crippen molar-refractivity contribution in [3.63, 3.8) is 0 Å². The largest absolute Gasteiger partial charge is 0.354 e. The van der Waals surface area contributed by atoms with Crippen molar-refractivity contribution in [2.45, 2.75) is 26.2 Å². The Hall–Kier alpha value is -2.24. The van der Waals surface area contributed by atoms with Gasteiger partial charge in [0.1, 0.15) is 26.2 Å². The molecular weight excluding hydrogens is 296 g/mol. The van der Waals surface area contributed by atoms with Crippen LogP contribution < -0.4 is 22.9 Å². The molecule has 0 fully saturated rings. The van der Waals surface area contributed by atoms with Crippen LogP contribution in [0.3, 0.4) is 0 Å². The maximum Gasteiger partial charge on any atom is 0.100 e.